The van der Waals surface area contributed by atoms with Crippen molar-refractivity contribution in [3.05, 3.63) is 52.6 Å². The maximum Gasteiger partial charge on any atom is 0.490 e. The summed E-state index contributed by atoms with van der Waals surface area (Å²) >= 11 is 0. The topological polar surface area (TPSA) is 176 Å². The number of aromatic hydroxyl groups is 2. The molecule has 34 heavy (non-hydrogen) atoms. The number of nitrogens with two attached hydrogens (primary N) is 1. The SMILES string of the molecule is NCC(=O)OCCCNc1ccc(O)c2c1C(=O)c1c(O)cccc1C2=O.O=C(O)C(F)(F)F. The van der Waals surface area contributed by atoms with E-state index in [1.54, 1.807) is 0 Å². The molecule has 0 heterocycles. The summed E-state index contributed by atoms with van der Waals surface area (Å²) in [7, 11) is 0. The van der Waals surface area contributed by atoms with Gasteiger partial charge in [-0.3, -0.25) is 14.4 Å². The largest absolute Gasteiger partial charge is 0.507 e. The van der Waals surface area contributed by atoms with E-state index in [-0.39, 0.29) is 46.9 Å². The Morgan fingerprint density at radius 1 is 0.971 bits per heavy atom. The second-order valence-electron chi connectivity index (χ2n) is 6.75. The van der Waals surface area contributed by atoms with E-state index in [2.05, 4.69) is 5.32 Å². The molecule has 0 bridgehead atoms. The number of esters is 1. The third kappa shape index (κ3) is 5.81. The molecule has 1 aliphatic rings. The van der Waals surface area contributed by atoms with Gasteiger partial charge in [-0.15, -0.1) is 0 Å². The smallest absolute Gasteiger partial charge is 0.490 e. The van der Waals surface area contributed by atoms with E-state index in [0.29, 0.717) is 18.7 Å². The van der Waals surface area contributed by atoms with Crippen LogP contribution in [0, 0.1) is 0 Å². The van der Waals surface area contributed by atoms with Gasteiger partial charge in [0.15, 0.2) is 11.6 Å². The summed E-state index contributed by atoms with van der Waals surface area (Å²) in [6, 6.07) is 7.04. The van der Waals surface area contributed by atoms with Gasteiger partial charge in [-0.2, -0.15) is 13.2 Å². The number of nitrogens with one attached hydrogen (secondary N) is 1. The van der Waals surface area contributed by atoms with Gasteiger partial charge in [0.25, 0.3) is 0 Å². The number of ether oxygens (including phenoxy) is 1. The van der Waals surface area contributed by atoms with Crippen molar-refractivity contribution in [3.8, 4) is 11.5 Å². The summed E-state index contributed by atoms with van der Waals surface area (Å²) in [6.07, 6.45) is -4.63. The lowest BCUT2D eigenvalue weighted by Crippen LogP contribution is -2.23. The number of halogens is 3. The molecule has 0 spiro atoms. The van der Waals surface area contributed by atoms with Gasteiger partial charge >= 0.3 is 18.1 Å². The first kappa shape index (κ1) is 26.1. The molecule has 0 saturated heterocycles. The van der Waals surface area contributed by atoms with Gasteiger partial charge in [0.1, 0.15) is 11.5 Å². The van der Waals surface area contributed by atoms with Gasteiger partial charge in [0, 0.05) is 17.8 Å². The number of phenols is 2. The van der Waals surface area contributed by atoms with Crippen LogP contribution in [-0.4, -0.2) is 64.7 Å². The van der Waals surface area contributed by atoms with Gasteiger partial charge in [0.2, 0.25) is 0 Å². The minimum atomic E-state index is -5.08. The van der Waals surface area contributed by atoms with E-state index in [9.17, 15) is 37.8 Å². The van der Waals surface area contributed by atoms with E-state index < -0.39 is 29.7 Å². The third-order valence-corrected chi connectivity index (χ3v) is 4.46. The molecule has 0 saturated carbocycles. The number of ketones is 2. The van der Waals surface area contributed by atoms with Crippen LogP contribution in [0.4, 0.5) is 18.9 Å². The fourth-order valence-electron chi connectivity index (χ4n) is 2.97. The summed E-state index contributed by atoms with van der Waals surface area (Å²) in [5, 5.41) is 30.3. The molecule has 13 heteroatoms. The number of benzene rings is 2. The van der Waals surface area contributed by atoms with E-state index in [4.69, 9.17) is 20.4 Å². The van der Waals surface area contributed by atoms with Crippen LogP contribution in [0.5, 0.6) is 11.5 Å². The lowest BCUT2D eigenvalue weighted by atomic mass is 9.82. The second-order valence-corrected chi connectivity index (χ2v) is 6.75. The lowest BCUT2D eigenvalue weighted by Gasteiger charge is -2.22. The van der Waals surface area contributed by atoms with E-state index in [1.165, 1.54) is 30.3 Å². The molecule has 0 amide bonds. The molecule has 10 nitrogen and oxygen atoms in total. The molecule has 3 rings (SSSR count). The molecular formula is C21H19F3N2O8. The Morgan fingerprint density at radius 2 is 1.59 bits per heavy atom. The quantitative estimate of drug-likeness (QED) is 0.197. The zero-order valence-electron chi connectivity index (χ0n) is 17.3. The fourth-order valence-corrected chi connectivity index (χ4v) is 2.97. The Hall–Kier alpha value is -4.13. The Labute approximate surface area is 189 Å². The highest BCUT2D eigenvalue weighted by Gasteiger charge is 2.38. The predicted octanol–water partition coefficient (Wildman–Crippen LogP) is 1.81. The Bertz CT molecular complexity index is 1130. The lowest BCUT2D eigenvalue weighted by molar-refractivity contribution is -0.192. The summed E-state index contributed by atoms with van der Waals surface area (Å²) in [5.41, 5.74) is 5.37. The van der Waals surface area contributed by atoms with Crippen molar-refractivity contribution in [3.63, 3.8) is 0 Å². The van der Waals surface area contributed by atoms with Gasteiger partial charge in [-0.25, -0.2) is 4.79 Å². The zero-order valence-corrected chi connectivity index (χ0v) is 17.3. The molecule has 0 unspecified atom stereocenters. The van der Waals surface area contributed by atoms with Crippen molar-refractivity contribution in [2.75, 3.05) is 25.0 Å². The number of carbonyl (C=O) groups excluding carboxylic acids is 3. The molecule has 0 atom stereocenters. The highest BCUT2D eigenvalue weighted by atomic mass is 19.4. The maximum atomic E-state index is 12.9. The normalized spacial score (nSPS) is 12.1. The second kappa shape index (κ2) is 10.7. The van der Waals surface area contributed by atoms with Crippen LogP contribution in [0.1, 0.15) is 38.3 Å². The third-order valence-electron chi connectivity index (χ3n) is 4.46. The number of aliphatic carboxylic acids is 1. The number of fused-ring (bicyclic) bond motifs is 2. The standard InChI is InChI=1S/C19H18N2O6.C2HF3O2/c20-9-14(24)27-8-2-7-21-11-5-6-13(23)17-16(11)19(26)15-10(18(17)25)3-1-4-12(15)22;3-2(4,5)1(6)7/h1,3-6,21-23H,2,7-9,20H2;(H,6,7). The van der Waals surface area contributed by atoms with Crippen LogP contribution in [-0.2, 0) is 14.3 Å². The molecule has 0 aliphatic heterocycles. The van der Waals surface area contributed by atoms with Gasteiger partial charge in [0.05, 0.1) is 29.8 Å². The molecule has 1 aliphatic carbocycles. The average molecular weight is 484 g/mol. The number of anilines is 1. The van der Waals surface area contributed by atoms with E-state index in [1.807, 2.05) is 0 Å². The first-order valence-corrected chi connectivity index (χ1v) is 9.57. The van der Waals surface area contributed by atoms with Crippen molar-refractivity contribution in [2.45, 2.75) is 12.6 Å². The number of alkyl halides is 3. The monoisotopic (exact) mass is 484 g/mol. The van der Waals surface area contributed by atoms with Crippen LogP contribution in [0.3, 0.4) is 0 Å². The van der Waals surface area contributed by atoms with Crippen LogP contribution in [0.15, 0.2) is 30.3 Å². The summed E-state index contributed by atoms with van der Waals surface area (Å²) in [5.74, 6) is -4.95. The Kier molecular flexibility index (Phi) is 8.19. The number of phenolic OH excluding ortho intramolecular Hbond substituents is 2. The highest BCUT2D eigenvalue weighted by molar-refractivity contribution is 6.31. The maximum absolute atomic E-state index is 12.9. The molecule has 182 valence electrons. The first-order valence-electron chi connectivity index (χ1n) is 9.57. The first-order chi connectivity index (χ1) is 15.9. The molecular weight excluding hydrogens is 465 g/mol. The minimum absolute atomic E-state index is 0.00736. The molecule has 0 radical (unpaired) electrons. The van der Waals surface area contributed by atoms with Gasteiger partial charge in [-0.1, -0.05) is 12.1 Å². The highest BCUT2D eigenvalue weighted by Crippen LogP contribution is 2.39. The zero-order chi connectivity index (χ0) is 25.6. The minimum Gasteiger partial charge on any atom is -0.507 e. The van der Waals surface area contributed by atoms with Gasteiger partial charge in [-0.05, 0) is 24.6 Å². The number of hydrogen-bond donors (Lipinski definition) is 5. The molecule has 2 aromatic rings. The molecule has 2 aromatic carbocycles. The van der Waals surface area contributed by atoms with E-state index >= 15 is 0 Å². The predicted molar refractivity (Wildman–Crippen MR) is 110 cm³/mol. The van der Waals surface area contributed by atoms with Crippen molar-refractivity contribution in [2.24, 2.45) is 5.73 Å². The summed E-state index contributed by atoms with van der Waals surface area (Å²) in [6.45, 7) is 0.308. The van der Waals surface area contributed by atoms with Crippen molar-refractivity contribution >= 4 is 29.2 Å². The van der Waals surface area contributed by atoms with Crippen LogP contribution in [0.2, 0.25) is 0 Å². The molecule has 0 aromatic heterocycles. The van der Waals surface area contributed by atoms with Crippen molar-refractivity contribution in [1.29, 1.82) is 0 Å². The van der Waals surface area contributed by atoms with Crippen molar-refractivity contribution in [1.82, 2.24) is 0 Å². The molecule has 6 N–H and O–H groups in total. The number of hydrogen-bond acceptors (Lipinski definition) is 9. The van der Waals surface area contributed by atoms with Crippen LogP contribution >= 0.6 is 0 Å². The number of carbonyl (C=O) groups is 4. The van der Waals surface area contributed by atoms with Gasteiger partial charge < -0.3 is 31.1 Å². The Morgan fingerprint density at radius 3 is 2.18 bits per heavy atom. The van der Waals surface area contributed by atoms with Crippen molar-refractivity contribution < 1.29 is 52.4 Å². The summed E-state index contributed by atoms with van der Waals surface area (Å²) < 4.78 is 36.6. The van der Waals surface area contributed by atoms with E-state index in [0.717, 1.165) is 0 Å². The summed E-state index contributed by atoms with van der Waals surface area (Å²) in [4.78, 5) is 45.6. The molecule has 0 fully saturated rings. The average Bonchev–Trinajstić information content (AvgIpc) is 2.77. The Balaban J connectivity index is 0.000000509. The number of rotatable bonds is 6. The number of carboxylic acids is 1. The van der Waals surface area contributed by atoms with Crippen LogP contribution in [0.25, 0.3) is 0 Å². The number of carboxylic acid groups (broad SMARTS) is 1. The van der Waals surface area contributed by atoms with Crippen LogP contribution < -0.4 is 11.1 Å². The fraction of sp³-hybridized carbons (Fsp3) is 0.238.